The van der Waals surface area contributed by atoms with E-state index in [0.717, 1.165) is 17.8 Å². The Balaban J connectivity index is 2.08. The third kappa shape index (κ3) is 3.67. The van der Waals surface area contributed by atoms with Gasteiger partial charge in [0, 0.05) is 18.4 Å². The molecule has 0 saturated carbocycles. The first-order chi connectivity index (χ1) is 8.95. The molecule has 0 saturated heterocycles. The van der Waals surface area contributed by atoms with Crippen LogP contribution in [0.25, 0.3) is 0 Å². The number of aromatic nitrogens is 2. The summed E-state index contributed by atoms with van der Waals surface area (Å²) in [6.07, 6.45) is -2.73. The lowest BCUT2D eigenvalue weighted by Crippen LogP contribution is -2.08. The number of hydrogen-bond acceptors (Lipinski definition) is 3. The van der Waals surface area contributed by atoms with Crippen molar-refractivity contribution in [3.05, 3.63) is 53.3 Å². The molecule has 0 radical (unpaired) electrons. The van der Waals surface area contributed by atoms with E-state index in [2.05, 4.69) is 15.3 Å². The SMILES string of the molecule is Cc1ccnc(NCc2cccc(C(F)(F)F)c2)n1. The van der Waals surface area contributed by atoms with Crippen LogP contribution in [0.1, 0.15) is 16.8 Å². The minimum atomic E-state index is -4.32. The summed E-state index contributed by atoms with van der Waals surface area (Å²) in [5.41, 5.74) is 0.665. The van der Waals surface area contributed by atoms with Crippen LogP contribution in [0, 0.1) is 6.92 Å². The summed E-state index contributed by atoms with van der Waals surface area (Å²) in [5.74, 6) is 0.400. The maximum atomic E-state index is 12.5. The fraction of sp³-hybridized carbons (Fsp3) is 0.231. The number of benzene rings is 1. The van der Waals surface area contributed by atoms with Gasteiger partial charge in [-0.15, -0.1) is 0 Å². The standard InChI is InChI=1S/C13H12F3N3/c1-9-5-6-17-12(19-9)18-8-10-3-2-4-11(7-10)13(14,15)16/h2-7H,8H2,1H3,(H,17,18,19). The van der Waals surface area contributed by atoms with Gasteiger partial charge >= 0.3 is 6.18 Å². The molecule has 0 fully saturated rings. The fourth-order valence-corrected chi connectivity index (χ4v) is 1.57. The summed E-state index contributed by atoms with van der Waals surface area (Å²) in [4.78, 5) is 8.10. The summed E-state index contributed by atoms with van der Waals surface area (Å²) in [7, 11) is 0. The van der Waals surface area contributed by atoms with Crippen LogP contribution >= 0.6 is 0 Å². The second-order valence-electron chi connectivity index (χ2n) is 4.07. The second kappa shape index (κ2) is 5.26. The zero-order valence-corrected chi connectivity index (χ0v) is 10.2. The van der Waals surface area contributed by atoms with E-state index >= 15 is 0 Å². The molecule has 0 amide bonds. The largest absolute Gasteiger partial charge is 0.416 e. The molecular weight excluding hydrogens is 255 g/mol. The molecule has 0 aliphatic rings. The van der Waals surface area contributed by atoms with Gasteiger partial charge in [-0.05, 0) is 30.7 Å². The van der Waals surface area contributed by atoms with Gasteiger partial charge in [0.2, 0.25) is 5.95 Å². The van der Waals surface area contributed by atoms with Crippen LogP contribution in [-0.4, -0.2) is 9.97 Å². The molecule has 1 aromatic heterocycles. The van der Waals surface area contributed by atoms with Crippen LogP contribution in [0.3, 0.4) is 0 Å². The van der Waals surface area contributed by atoms with Crippen molar-refractivity contribution in [1.82, 2.24) is 9.97 Å². The summed E-state index contributed by atoms with van der Waals surface area (Å²) in [6.45, 7) is 2.06. The third-order valence-corrected chi connectivity index (χ3v) is 2.50. The molecule has 1 heterocycles. The summed E-state index contributed by atoms with van der Waals surface area (Å²) in [6, 6.07) is 6.92. The molecule has 2 rings (SSSR count). The lowest BCUT2D eigenvalue weighted by Gasteiger charge is -2.09. The number of anilines is 1. The summed E-state index contributed by atoms with van der Waals surface area (Å²) < 4.78 is 37.6. The molecular formula is C13H12F3N3. The first-order valence-corrected chi connectivity index (χ1v) is 5.65. The number of hydrogen-bond donors (Lipinski definition) is 1. The van der Waals surface area contributed by atoms with Crippen molar-refractivity contribution < 1.29 is 13.2 Å². The fourth-order valence-electron chi connectivity index (χ4n) is 1.57. The van der Waals surface area contributed by atoms with Crippen molar-refractivity contribution in [3.63, 3.8) is 0 Å². The van der Waals surface area contributed by atoms with Crippen molar-refractivity contribution in [3.8, 4) is 0 Å². The van der Waals surface area contributed by atoms with Crippen molar-refractivity contribution in [2.75, 3.05) is 5.32 Å². The molecule has 2 aromatic rings. The molecule has 19 heavy (non-hydrogen) atoms. The molecule has 0 aliphatic carbocycles. The highest BCUT2D eigenvalue weighted by atomic mass is 19.4. The minimum Gasteiger partial charge on any atom is -0.350 e. The molecule has 1 N–H and O–H groups in total. The summed E-state index contributed by atoms with van der Waals surface area (Å²) >= 11 is 0. The number of alkyl halides is 3. The van der Waals surface area contributed by atoms with Gasteiger partial charge in [-0.3, -0.25) is 0 Å². The predicted molar refractivity (Wildman–Crippen MR) is 65.5 cm³/mol. The molecule has 1 aromatic carbocycles. The average molecular weight is 267 g/mol. The van der Waals surface area contributed by atoms with E-state index in [4.69, 9.17) is 0 Å². The highest BCUT2D eigenvalue weighted by Gasteiger charge is 2.30. The van der Waals surface area contributed by atoms with Crippen LogP contribution in [0.5, 0.6) is 0 Å². The van der Waals surface area contributed by atoms with Gasteiger partial charge in [0.25, 0.3) is 0 Å². The third-order valence-electron chi connectivity index (χ3n) is 2.50. The second-order valence-corrected chi connectivity index (χ2v) is 4.07. The van der Waals surface area contributed by atoms with Crippen LogP contribution in [0.15, 0.2) is 36.5 Å². The maximum absolute atomic E-state index is 12.5. The number of aryl methyl sites for hydroxylation is 1. The molecule has 0 atom stereocenters. The van der Waals surface area contributed by atoms with Crippen LogP contribution < -0.4 is 5.32 Å². The number of halogens is 3. The zero-order chi connectivity index (χ0) is 13.9. The van der Waals surface area contributed by atoms with Crippen molar-refractivity contribution in [1.29, 1.82) is 0 Å². The Bertz CT molecular complexity index is 567. The van der Waals surface area contributed by atoms with Crippen LogP contribution in [0.4, 0.5) is 19.1 Å². The lowest BCUT2D eigenvalue weighted by atomic mass is 10.1. The summed E-state index contributed by atoms with van der Waals surface area (Å²) in [5, 5.41) is 2.89. The van der Waals surface area contributed by atoms with Gasteiger partial charge in [-0.2, -0.15) is 13.2 Å². The minimum absolute atomic E-state index is 0.243. The Morgan fingerprint density at radius 3 is 2.68 bits per heavy atom. The van der Waals surface area contributed by atoms with E-state index < -0.39 is 11.7 Å². The van der Waals surface area contributed by atoms with E-state index in [1.165, 1.54) is 6.07 Å². The van der Waals surface area contributed by atoms with Crippen molar-refractivity contribution in [2.24, 2.45) is 0 Å². The Labute approximate surface area is 108 Å². The molecule has 100 valence electrons. The lowest BCUT2D eigenvalue weighted by molar-refractivity contribution is -0.137. The van der Waals surface area contributed by atoms with Gasteiger partial charge in [0.1, 0.15) is 0 Å². The van der Waals surface area contributed by atoms with E-state index in [0.29, 0.717) is 11.5 Å². The highest BCUT2D eigenvalue weighted by molar-refractivity contribution is 5.31. The predicted octanol–water partition coefficient (Wildman–Crippen LogP) is 3.42. The van der Waals surface area contributed by atoms with Crippen LogP contribution in [-0.2, 0) is 12.7 Å². The normalized spacial score (nSPS) is 11.4. The van der Waals surface area contributed by atoms with E-state index in [-0.39, 0.29) is 6.54 Å². The Morgan fingerprint density at radius 2 is 2.00 bits per heavy atom. The molecule has 6 heteroatoms. The van der Waals surface area contributed by atoms with Gasteiger partial charge in [0.15, 0.2) is 0 Å². The molecule has 0 bridgehead atoms. The molecule has 3 nitrogen and oxygen atoms in total. The maximum Gasteiger partial charge on any atom is 0.416 e. The van der Waals surface area contributed by atoms with Crippen LogP contribution in [0.2, 0.25) is 0 Å². The Kier molecular flexibility index (Phi) is 3.69. The smallest absolute Gasteiger partial charge is 0.350 e. The quantitative estimate of drug-likeness (QED) is 0.926. The molecule has 0 spiro atoms. The topological polar surface area (TPSA) is 37.8 Å². The van der Waals surface area contributed by atoms with Crippen molar-refractivity contribution >= 4 is 5.95 Å². The molecule has 0 unspecified atom stereocenters. The van der Waals surface area contributed by atoms with Gasteiger partial charge in [0.05, 0.1) is 5.56 Å². The Morgan fingerprint density at radius 1 is 1.21 bits per heavy atom. The van der Waals surface area contributed by atoms with E-state index in [1.54, 1.807) is 18.3 Å². The number of nitrogens with zero attached hydrogens (tertiary/aromatic N) is 2. The average Bonchev–Trinajstić information content (AvgIpc) is 2.36. The Hall–Kier alpha value is -2.11. The first-order valence-electron chi connectivity index (χ1n) is 5.65. The van der Waals surface area contributed by atoms with E-state index in [1.807, 2.05) is 6.92 Å². The van der Waals surface area contributed by atoms with Gasteiger partial charge in [-0.1, -0.05) is 12.1 Å². The highest BCUT2D eigenvalue weighted by Crippen LogP contribution is 2.29. The van der Waals surface area contributed by atoms with E-state index in [9.17, 15) is 13.2 Å². The first kappa shape index (κ1) is 13.3. The van der Waals surface area contributed by atoms with Gasteiger partial charge in [-0.25, -0.2) is 9.97 Å². The number of nitrogens with one attached hydrogen (secondary N) is 1. The van der Waals surface area contributed by atoms with Gasteiger partial charge < -0.3 is 5.32 Å². The monoisotopic (exact) mass is 267 g/mol. The molecule has 0 aliphatic heterocycles. The number of rotatable bonds is 3. The zero-order valence-electron chi connectivity index (χ0n) is 10.2. The van der Waals surface area contributed by atoms with Crippen molar-refractivity contribution in [2.45, 2.75) is 19.6 Å².